The van der Waals surface area contributed by atoms with Gasteiger partial charge in [-0.1, -0.05) is 0 Å². The van der Waals surface area contributed by atoms with Gasteiger partial charge >= 0.3 is 0 Å². The van der Waals surface area contributed by atoms with Crippen LogP contribution in [0.25, 0.3) is 0 Å². The number of rotatable bonds is 5. The molecule has 6 heteroatoms. The number of aromatic nitrogens is 1. The van der Waals surface area contributed by atoms with Gasteiger partial charge < -0.3 is 10.6 Å². The van der Waals surface area contributed by atoms with E-state index < -0.39 is 0 Å². The first-order valence-electron chi connectivity index (χ1n) is 6.88. The van der Waals surface area contributed by atoms with Gasteiger partial charge in [-0.2, -0.15) is 0 Å². The molecule has 0 amide bonds. The van der Waals surface area contributed by atoms with Crippen molar-refractivity contribution in [2.45, 2.75) is 53.0 Å². The highest BCUT2D eigenvalue weighted by Crippen LogP contribution is 2.10. The number of guanidine groups is 1. The minimum Gasteiger partial charge on any atom is -0.357 e. The van der Waals surface area contributed by atoms with E-state index in [-0.39, 0.29) is 29.5 Å². The van der Waals surface area contributed by atoms with E-state index in [1.165, 1.54) is 5.01 Å². The van der Waals surface area contributed by atoms with E-state index in [1.807, 2.05) is 6.92 Å². The molecule has 0 bridgehead atoms. The molecule has 0 spiro atoms. The van der Waals surface area contributed by atoms with Gasteiger partial charge in [0.1, 0.15) is 0 Å². The third-order valence-corrected chi connectivity index (χ3v) is 3.35. The van der Waals surface area contributed by atoms with Gasteiger partial charge in [-0.3, -0.25) is 4.99 Å². The Morgan fingerprint density at radius 1 is 1.40 bits per heavy atom. The summed E-state index contributed by atoms with van der Waals surface area (Å²) in [6.45, 7) is 12.2. The van der Waals surface area contributed by atoms with Crippen molar-refractivity contribution in [2.75, 3.05) is 13.1 Å². The van der Waals surface area contributed by atoms with E-state index >= 15 is 0 Å². The van der Waals surface area contributed by atoms with E-state index in [9.17, 15) is 0 Å². The molecule has 1 heterocycles. The molecule has 1 aromatic rings. The maximum Gasteiger partial charge on any atom is 0.191 e. The molecule has 0 saturated carbocycles. The second-order valence-corrected chi connectivity index (χ2v) is 6.56. The fourth-order valence-electron chi connectivity index (χ4n) is 1.60. The zero-order valence-electron chi connectivity index (χ0n) is 13.1. The van der Waals surface area contributed by atoms with Crippen LogP contribution >= 0.6 is 35.3 Å². The largest absolute Gasteiger partial charge is 0.357 e. The molecule has 1 aromatic heterocycles. The van der Waals surface area contributed by atoms with Gasteiger partial charge in [0.2, 0.25) is 0 Å². The summed E-state index contributed by atoms with van der Waals surface area (Å²) in [5.41, 5.74) is 1.15. The maximum absolute atomic E-state index is 4.59. The quantitative estimate of drug-likeness (QED) is 0.339. The van der Waals surface area contributed by atoms with Gasteiger partial charge in [-0.25, -0.2) is 4.98 Å². The molecular formula is C14H27IN4S. The zero-order chi connectivity index (χ0) is 14.3. The Morgan fingerprint density at radius 2 is 2.10 bits per heavy atom. The molecule has 0 radical (unpaired) electrons. The Balaban J connectivity index is 0.00000361. The molecule has 116 valence electrons. The second kappa shape index (κ2) is 9.55. The van der Waals surface area contributed by atoms with Crippen LogP contribution in [0.1, 0.15) is 44.8 Å². The van der Waals surface area contributed by atoms with Crippen LogP contribution in [0.4, 0.5) is 0 Å². The van der Waals surface area contributed by atoms with Gasteiger partial charge in [0.15, 0.2) is 5.96 Å². The van der Waals surface area contributed by atoms with Gasteiger partial charge in [0, 0.05) is 36.1 Å². The SMILES string of the molecule is CCNC(=NCCCc1nc(C)cs1)NC(C)(C)C.I. The Morgan fingerprint density at radius 3 is 2.60 bits per heavy atom. The number of hydrogen-bond acceptors (Lipinski definition) is 3. The fraction of sp³-hybridized carbons (Fsp3) is 0.714. The third kappa shape index (κ3) is 8.73. The number of aryl methyl sites for hydroxylation is 2. The summed E-state index contributed by atoms with van der Waals surface area (Å²) in [7, 11) is 0. The van der Waals surface area contributed by atoms with Crippen LogP contribution in [0.5, 0.6) is 0 Å². The minimum absolute atomic E-state index is 0. The van der Waals surface area contributed by atoms with Crippen LogP contribution in [0.15, 0.2) is 10.4 Å². The molecule has 0 saturated heterocycles. The number of nitrogens with one attached hydrogen (secondary N) is 2. The average molecular weight is 410 g/mol. The first-order valence-corrected chi connectivity index (χ1v) is 7.76. The number of thiazole rings is 1. The highest BCUT2D eigenvalue weighted by molar-refractivity contribution is 14.0. The zero-order valence-corrected chi connectivity index (χ0v) is 16.3. The summed E-state index contributed by atoms with van der Waals surface area (Å²) < 4.78 is 0. The molecule has 4 nitrogen and oxygen atoms in total. The van der Waals surface area contributed by atoms with Crippen molar-refractivity contribution in [3.8, 4) is 0 Å². The lowest BCUT2D eigenvalue weighted by Crippen LogP contribution is -2.47. The molecule has 0 unspecified atom stereocenters. The van der Waals surface area contributed by atoms with E-state index in [4.69, 9.17) is 0 Å². The maximum atomic E-state index is 4.59. The average Bonchev–Trinajstić information content (AvgIpc) is 2.68. The highest BCUT2D eigenvalue weighted by atomic mass is 127. The van der Waals surface area contributed by atoms with Crippen LogP contribution in [0.2, 0.25) is 0 Å². The number of aliphatic imine (C=N–C) groups is 1. The summed E-state index contributed by atoms with van der Waals surface area (Å²) in [5.74, 6) is 0.894. The molecule has 0 aliphatic rings. The van der Waals surface area contributed by atoms with Crippen LogP contribution < -0.4 is 10.6 Å². The molecule has 1 rings (SSSR count). The number of nitrogens with zero attached hydrogens (tertiary/aromatic N) is 2. The van der Waals surface area contributed by atoms with Crippen LogP contribution in [-0.2, 0) is 6.42 Å². The third-order valence-electron chi connectivity index (χ3n) is 2.32. The van der Waals surface area contributed by atoms with Crippen molar-refractivity contribution in [1.29, 1.82) is 0 Å². The second-order valence-electron chi connectivity index (χ2n) is 5.62. The first-order chi connectivity index (χ1) is 8.90. The lowest BCUT2D eigenvalue weighted by Gasteiger charge is -2.23. The molecular weight excluding hydrogens is 383 g/mol. The molecule has 0 aliphatic carbocycles. The predicted octanol–water partition coefficient (Wildman–Crippen LogP) is 3.36. The minimum atomic E-state index is 0. The summed E-state index contributed by atoms with van der Waals surface area (Å²) in [4.78, 5) is 9.05. The van der Waals surface area contributed by atoms with Crippen molar-refractivity contribution < 1.29 is 0 Å². The Bertz CT molecular complexity index is 410. The van der Waals surface area contributed by atoms with Crippen LogP contribution in [0.3, 0.4) is 0 Å². The summed E-state index contributed by atoms with van der Waals surface area (Å²) in [6.07, 6.45) is 2.05. The van der Waals surface area contributed by atoms with E-state index in [0.717, 1.165) is 37.6 Å². The van der Waals surface area contributed by atoms with Crippen molar-refractivity contribution in [2.24, 2.45) is 4.99 Å². The summed E-state index contributed by atoms with van der Waals surface area (Å²) in [6, 6.07) is 0. The first kappa shape index (κ1) is 19.6. The fourth-order valence-corrected chi connectivity index (χ4v) is 2.42. The highest BCUT2D eigenvalue weighted by Gasteiger charge is 2.11. The van der Waals surface area contributed by atoms with E-state index in [2.05, 4.69) is 53.7 Å². The van der Waals surface area contributed by atoms with Gasteiger partial charge in [-0.05, 0) is 41.0 Å². The Labute approximate surface area is 143 Å². The summed E-state index contributed by atoms with van der Waals surface area (Å²) in [5, 5.41) is 9.96. The molecule has 0 aromatic carbocycles. The van der Waals surface area contributed by atoms with Gasteiger partial charge in [0.05, 0.1) is 5.01 Å². The lowest BCUT2D eigenvalue weighted by molar-refractivity contribution is 0.501. The Hall–Kier alpha value is -0.370. The molecule has 0 aliphatic heterocycles. The normalized spacial score (nSPS) is 11.9. The van der Waals surface area contributed by atoms with Gasteiger partial charge in [-0.15, -0.1) is 35.3 Å². The van der Waals surface area contributed by atoms with Crippen LogP contribution in [0, 0.1) is 6.92 Å². The topological polar surface area (TPSA) is 49.3 Å². The van der Waals surface area contributed by atoms with Crippen molar-refractivity contribution >= 4 is 41.3 Å². The molecule has 0 atom stereocenters. The van der Waals surface area contributed by atoms with Crippen molar-refractivity contribution in [1.82, 2.24) is 15.6 Å². The molecule has 2 N–H and O–H groups in total. The summed E-state index contributed by atoms with van der Waals surface area (Å²) >= 11 is 1.74. The van der Waals surface area contributed by atoms with Gasteiger partial charge in [0.25, 0.3) is 0 Å². The molecule has 0 fully saturated rings. The van der Waals surface area contributed by atoms with Crippen molar-refractivity contribution in [3.63, 3.8) is 0 Å². The van der Waals surface area contributed by atoms with Crippen molar-refractivity contribution in [3.05, 3.63) is 16.1 Å². The smallest absolute Gasteiger partial charge is 0.191 e. The monoisotopic (exact) mass is 410 g/mol. The van der Waals surface area contributed by atoms with E-state index in [0.29, 0.717) is 0 Å². The van der Waals surface area contributed by atoms with Crippen LogP contribution in [-0.4, -0.2) is 29.6 Å². The Kier molecular flexibility index (Phi) is 9.37. The number of halogens is 1. The lowest BCUT2D eigenvalue weighted by atomic mass is 10.1. The standard InChI is InChI=1S/C14H26N4S.HI/c1-6-15-13(18-14(3,4)5)16-9-7-8-12-17-11(2)10-19-12;/h10H,6-9H2,1-5H3,(H2,15,16,18);1H. The predicted molar refractivity (Wildman–Crippen MR) is 99.5 cm³/mol. The number of hydrogen-bond donors (Lipinski definition) is 2. The molecule has 20 heavy (non-hydrogen) atoms. The van der Waals surface area contributed by atoms with E-state index in [1.54, 1.807) is 11.3 Å².